The number of fused-ring (bicyclic) bond motifs is 1. The fraction of sp³-hybridized carbons (Fsp3) is 0.179. The minimum atomic E-state index is -0.894. The fourth-order valence-corrected chi connectivity index (χ4v) is 3.73. The van der Waals surface area contributed by atoms with Crippen molar-refractivity contribution in [3.63, 3.8) is 0 Å². The summed E-state index contributed by atoms with van der Waals surface area (Å²) in [6.07, 6.45) is 1.54. The van der Waals surface area contributed by atoms with E-state index in [1.165, 1.54) is 32.5 Å². The van der Waals surface area contributed by atoms with E-state index >= 15 is 0 Å². The standard InChI is InChI=1S/C28H26FN3O5/c1-17(18-7-5-4-6-8-18)16-31-27(33)28(34)32-19-9-10-24(21(29)13-19)37-23-11-12-30-22-15-26(36-3)25(35-2)14-20(22)23/h4-15,17H,16H2,1-3H3,(H,31,33)(H,32,34). The smallest absolute Gasteiger partial charge is 0.313 e. The van der Waals surface area contributed by atoms with Crippen LogP contribution in [0.4, 0.5) is 10.1 Å². The molecule has 4 rings (SSSR count). The molecule has 4 aromatic rings. The summed E-state index contributed by atoms with van der Waals surface area (Å²) in [6.45, 7) is 2.23. The van der Waals surface area contributed by atoms with E-state index in [1.54, 1.807) is 18.2 Å². The molecular formula is C28H26FN3O5. The highest BCUT2D eigenvalue weighted by atomic mass is 19.1. The van der Waals surface area contributed by atoms with Crippen molar-refractivity contribution in [2.75, 3.05) is 26.1 Å². The third kappa shape index (κ3) is 5.95. The number of anilines is 1. The number of carbonyl (C=O) groups is 2. The molecule has 0 spiro atoms. The lowest BCUT2D eigenvalue weighted by Gasteiger charge is -2.14. The third-order valence-corrected chi connectivity index (χ3v) is 5.76. The summed E-state index contributed by atoms with van der Waals surface area (Å²) in [7, 11) is 3.03. The molecule has 9 heteroatoms. The molecule has 0 saturated carbocycles. The summed E-state index contributed by atoms with van der Waals surface area (Å²) in [4.78, 5) is 28.8. The number of aromatic nitrogens is 1. The van der Waals surface area contributed by atoms with Crippen molar-refractivity contribution in [3.8, 4) is 23.0 Å². The van der Waals surface area contributed by atoms with Crippen LogP contribution in [0, 0.1) is 5.82 Å². The number of amides is 2. The molecule has 2 amide bonds. The van der Waals surface area contributed by atoms with Crippen LogP contribution in [-0.4, -0.2) is 37.6 Å². The van der Waals surface area contributed by atoms with Gasteiger partial charge in [0.1, 0.15) is 5.75 Å². The van der Waals surface area contributed by atoms with Gasteiger partial charge in [-0.1, -0.05) is 37.3 Å². The molecule has 190 valence electrons. The fourth-order valence-electron chi connectivity index (χ4n) is 3.73. The van der Waals surface area contributed by atoms with Crippen molar-refractivity contribution >= 4 is 28.4 Å². The molecule has 37 heavy (non-hydrogen) atoms. The molecule has 3 aromatic carbocycles. The Balaban J connectivity index is 1.42. The molecule has 0 bridgehead atoms. The van der Waals surface area contributed by atoms with Crippen LogP contribution in [0.15, 0.2) is 72.9 Å². The largest absolute Gasteiger partial charge is 0.493 e. The summed E-state index contributed by atoms with van der Waals surface area (Å²) >= 11 is 0. The average molecular weight is 504 g/mol. The second kappa shape index (κ2) is 11.4. The lowest BCUT2D eigenvalue weighted by molar-refractivity contribution is -0.136. The first-order chi connectivity index (χ1) is 17.9. The van der Waals surface area contributed by atoms with Crippen LogP contribution in [0.2, 0.25) is 0 Å². The van der Waals surface area contributed by atoms with Crippen LogP contribution in [0.1, 0.15) is 18.4 Å². The van der Waals surface area contributed by atoms with E-state index in [-0.39, 0.29) is 23.9 Å². The maximum Gasteiger partial charge on any atom is 0.313 e. The number of nitrogens with one attached hydrogen (secondary N) is 2. The summed E-state index contributed by atoms with van der Waals surface area (Å²) in [5.74, 6) is -1.13. The molecule has 8 nitrogen and oxygen atoms in total. The molecule has 1 aromatic heterocycles. The minimum absolute atomic E-state index is 0.0251. The monoisotopic (exact) mass is 503 g/mol. The Labute approximate surface area is 213 Å². The van der Waals surface area contributed by atoms with Gasteiger partial charge in [0.2, 0.25) is 0 Å². The Bertz CT molecular complexity index is 1430. The van der Waals surface area contributed by atoms with Gasteiger partial charge in [-0.3, -0.25) is 14.6 Å². The van der Waals surface area contributed by atoms with E-state index in [9.17, 15) is 14.0 Å². The van der Waals surface area contributed by atoms with Gasteiger partial charge in [0.25, 0.3) is 0 Å². The van der Waals surface area contributed by atoms with Crippen molar-refractivity contribution < 1.29 is 28.2 Å². The second-order valence-corrected chi connectivity index (χ2v) is 8.26. The molecule has 0 aliphatic carbocycles. The van der Waals surface area contributed by atoms with Crippen molar-refractivity contribution in [3.05, 3.63) is 84.3 Å². The minimum Gasteiger partial charge on any atom is -0.493 e. The topological polar surface area (TPSA) is 98.8 Å². The van der Waals surface area contributed by atoms with E-state index in [1.807, 2.05) is 37.3 Å². The van der Waals surface area contributed by atoms with E-state index in [0.29, 0.717) is 28.2 Å². The van der Waals surface area contributed by atoms with Gasteiger partial charge < -0.3 is 24.8 Å². The molecule has 0 fully saturated rings. The number of hydrogen-bond donors (Lipinski definition) is 2. The number of rotatable bonds is 8. The Hall–Kier alpha value is -4.66. The van der Waals surface area contributed by atoms with Crippen LogP contribution >= 0.6 is 0 Å². The highest BCUT2D eigenvalue weighted by Crippen LogP contribution is 2.37. The van der Waals surface area contributed by atoms with E-state index in [4.69, 9.17) is 14.2 Å². The molecule has 0 saturated heterocycles. The second-order valence-electron chi connectivity index (χ2n) is 8.26. The van der Waals surface area contributed by atoms with E-state index in [0.717, 1.165) is 11.6 Å². The molecule has 2 N–H and O–H groups in total. The zero-order valence-electron chi connectivity index (χ0n) is 20.6. The summed E-state index contributed by atoms with van der Waals surface area (Å²) in [6, 6.07) is 18.5. The summed E-state index contributed by atoms with van der Waals surface area (Å²) < 4.78 is 31.3. The summed E-state index contributed by atoms with van der Waals surface area (Å²) in [5, 5.41) is 5.60. The predicted octanol–water partition coefficient (Wildman–Crippen LogP) is 5.04. The first kappa shape index (κ1) is 25.4. The Morgan fingerprint density at radius 2 is 1.62 bits per heavy atom. The molecule has 0 radical (unpaired) electrons. The van der Waals surface area contributed by atoms with E-state index < -0.39 is 17.6 Å². The maximum absolute atomic E-state index is 14.9. The molecule has 1 atom stereocenters. The molecular weight excluding hydrogens is 477 g/mol. The quantitative estimate of drug-likeness (QED) is 0.327. The number of hydrogen-bond acceptors (Lipinski definition) is 6. The zero-order chi connectivity index (χ0) is 26.4. The number of methoxy groups -OCH3 is 2. The van der Waals surface area contributed by atoms with Gasteiger partial charge in [0.05, 0.1) is 19.7 Å². The van der Waals surface area contributed by atoms with Crippen molar-refractivity contribution in [1.29, 1.82) is 0 Å². The number of halogens is 1. The van der Waals surface area contributed by atoms with Gasteiger partial charge in [-0.05, 0) is 35.7 Å². The van der Waals surface area contributed by atoms with Crippen LogP contribution in [0.5, 0.6) is 23.0 Å². The van der Waals surface area contributed by atoms with Gasteiger partial charge in [-0.25, -0.2) is 4.39 Å². The lowest BCUT2D eigenvalue weighted by Crippen LogP contribution is -2.37. The number of nitrogens with zero attached hydrogens (tertiary/aromatic N) is 1. The SMILES string of the molecule is COc1cc2nccc(Oc3ccc(NC(=O)C(=O)NCC(C)c4ccccc4)cc3F)c2cc1OC. The zero-order valence-corrected chi connectivity index (χ0v) is 20.6. The maximum atomic E-state index is 14.9. The van der Waals surface area contributed by atoms with Gasteiger partial charge >= 0.3 is 11.8 Å². The third-order valence-electron chi connectivity index (χ3n) is 5.76. The van der Waals surface area contributed by atoms with Crippen molar-refractivity contribution in [1.82, 2.24) is 10.3 Å². The first-order valence-electron chi connectivity index (χ1n) is 11.5. The lowest BCUT2D eigenvalue weighted by atomic mass is 10.0. The average Bonchev–Trinajstić information content (AvgIpc) is 2.92. The van der Waals surface area contributed by atoms with Crippen molar-refractivity contribution in [2.24, 2.45) is 0 Å². The normalized spacial score (nSPS) is 11.5. The molecule has 0 aliphatic rings. The predicted molar refractivity (Wildman–Crippen MR) is 138 cm³/mol. The van der Waals surface area contributed by atoms with Crippen LogP contribution in [0.3, 0.4) is 0 Å². The van der Waals surface area contributed by atoms with Gasteiger partial charge in [-0.15, -0.1) is 0 Å². The molecule has 1 unspecified atom stereocenters. The van der Waals surface area contributed by atoms with Crippen LogP contribution < -0.4 is 24.8 Å². The van der Waals surface area contributed by atoms with Crippen LogP contribution in [-0.2, 0) is 9.59 Å². The first-order valence-corrected chi connectivity index (χ1v) is 11.5. The highest BCUT2D eigenvalue weighted by molar-refractivity contribution is 6.39. The summed E-state index contributed by atoms with van der Waals surface area (Å²) in [5.41, 5.74) is 1.74. The van der Waals surface area contributed by atoms with Gasteiger partial charge in [-0.2, -0.15) is 0 Å². The number of ether oxygens (including phenoxy) is 3. The van der Waals surface area contributed by atoms with Crippen LogP contribution in [0.25, 0.3) is 10.9 Å². The Kier molecular flexibility index (Phi) is 7.83. The van der Waals surface area contributed by atoms with Gasteiger partial charge in [0.15, 0.2) is 23.1 Å². The van der Waals surface area contributed by atoms with Crippen molar-refractivity contribution in [2.45, 2.75) is 12.8 Å². The Morgan fingerprint density at radius 1 is 0.892 bits per heavy atom. The Morgan fingerprint density at radius 3 is 2.32 bits per heavy atom. The van der Waals surface area contributed by atoms with E-state index in [2.05, 4.69) is 15.6 Å². The molecule has 1 heterocycles. The highest BCUT2D eigenvalue weighted by Gasteiger charge is 2.17. The molecule has 0 aliphatic heterocycles. The number of benzene rings is 3. The van der Waals surface area contributed by atoms with Gasteiger partial charge in [0, 0.05) is 35.9 Å². The number of carbonyl (C=O) groups excluding carboxylic acids is 2. The number of pyridine rings is 1.